The second-order valence-electron chi connectivity index (χ2n) is 2.47. The van der Waals surface area contributed by atoms with Crippen LogP contribution in [0, 0.1) is 0 Å². The van der Waals surface area contributed by atoms with Gasteiger partial charge in [0, 0.05) is 0 Å². The Morgan fingerprint density at radius 2 is 1.78 bits per heavy atom. The Kier molecular flexibility index (Phi) is 0.812. The van der Waals surface area contributed by atoms with Gasteiger partial charge in [0.15, 0.2) is 0 Å². The molecule has 0 spiro atoms. The summed E-state index contributed by atoms with van der Waals surface area (Å²) in [5.74, 6) is 0. The van der Waals surface area contributed by atoms with E-state index >= 15 is 0 Å². The van der Waals surface area contributed by atoms with E-state index in [2.05, 4.69) is 38.2 Å². The Morgan fingerprint density at radius 3 is 2.22 bits per heavy atom. The highest BCUT2D eigenvalue weighted by molar-refractivity contribution is 6.32. The van der Waals surface area contributed by atoms with Crippen LogP contribution in [0.4, 0.5) is 0 Å². The van der Waals surface area contributed by atoms with Crippen molar-refractivity contribution in [3.63, 3.8) is 0 Å². The van der Waals surface area contributed by atoms with E-state index in [1.54, 1.807) is 0 Å². The molecular formula is C8H7B. The minimum atomic E-state index is 1.35. The van der Waals surface area contributed by atoms with Gasteiger partial charge in [0.05, 0.1) is 0 Å². The van der Waals surface area contributed by atoms with Crippen molar-refractivity contribution < 1.29 is 0 Å². The van der Waals surface area contributed by atoms with Crippen LogP contribution in [0.5, 0.6) is 0 Å². The first-order chi connectivity index (χ1) is 4.36. The van der Waals surface area contributed by atoms with Crippen LogP contribution in [-0.4, -0.2) is 7.85 Å². The van der Waals surface area contributed by atoms with Gasteiger partial charge in [-0.3, -0.25) is 0 Å². The second-order valence-corrected chi connectivity index (χ2v) is 2.47. The normalized spacial score (nSPS) is 12.4. The van der Waals surface area contributed by atoms with E-state index in [0.29, 0.717) is 0 Å². The molecular weight excluding hydrogens is 107 g/mol. The monoisotopic (exact) mass is 114 g/mol. The van der Waals surface area contributed by atoms with Gasteiger partial charge in [-0.2, -0.15) is 0 Å². The molecule has 9 heavy (non-hydrogen) atoms. The van der Waals surface area contributed by atoms with Crippen LogP contribution in [-0.2, 0) is 0 Å². The Labute approximate surface area is 55.6 Å². The number of rotatable bonds is 0. The second kappa shape index (κ2) is 1.50. The smallest absolute Gasteiger partial charge is 0.0883 e. The lowest BCUT2D eigenvalue weighted by molar-refractivity contribution is 1.61. The molecule has 1 heteroatoms. The van der Waals surface area contributed by atoms with Crippen LogP contribution in [0.2, 0.25) is 0 Å². The summed E-state index contributed by atoms with van der Waals surface area (Å²) in [6.07, 6.45) is 4.27. The van der Waals surface area contributed by atoms with Crippen molar-refractivity contribution in [2.24, 2.45) is 0 Å². The summed E-state index contributed by atoms with van der Waals surface area (Å²) in [5, 5.41) is 0. The highest BCUT2D eigenvalue weighted by Crippen LogP contribution is 2.20. The van der Waals surface area contributed by atoms with Gasteiger partial charge in [-0.05, 0) is 11.1 Å². The number of benzene rings is 1. The van der Waals surface area contributed by atoms with E-state index in [0.717, 1.165) is 0 Å². The van der Waals surface area contributed by atoms with Crippen molar-refractivity contribution >= 4 is 25.5 Å². The molecule has 42 valence electrons. The fourth-order valence-electron chi connectivity index (χ4n) is 1.07. The van der Waals surface area contributed by atoms with Crippen molar-refractivity contribution in [2.45, 2.75) is 0 Å². The minimum absolute atomic E-state index is 1.35. The highest BCUT2D eigenvalue weighted by atomic mass is 14.1. The maximum Gasteiger partial charge on any atom is 0.139 e. The van der Waals surface area contributed by atoms with E-state index in [1.807, 2.05) is 0 Å². The van der Waals surface area contributed by atoms with Gasteiger partial charge in [0.1, 0.15) is 7.85 Å². The van der Waals surface area contributed by atoms with E-state index in [1.165, 1.54) is 16.6 Å². The molecule has 0 aromatic heterocycles. The average molecular weight is 114 g/mol. The summed E-state index contributed by atoms with van der Waals surface area (Å²) >= 11 is 0. The van der Waals surface area contributed by atoms with E-state index in [-0.39, 0.29) is 0 Å². The topological polar surface area (TPSA) is 0 Å². The zero-order valence-electron chi connectivity index (χ0n) is 5.39. The molecule has 0 radical (unpaired) electrons. The molecule has 1 aromatic rings. The van der Waals surface area contributed by atoms with Gasteiger partial charge in [0.25, 0.3) is 0 Å². The quantitative estimate of drug-likeness (QED) is 0.435. The SMILES string of the molecule is Bc1ccc2c(c1)C=C2. The zero-order valence-corrected chi connectivity index (χ0v) is 5.39. The van der Waals surface area contributed by atoms with Crippen molar-refractivity contribution in [3.05, 3.63) is 29.3 Å². The molecule has 1 aliphatic carbocycles. The number of hydrogen-bond acceptors (Lipinski definition) is 0. The van der Waals surface area contributed by atoms with Crippen LogP contribution >= 0.6 is 0 Å². The van der Waals surface area contributed by atoms with Crippen molar-refractivity contribution in [1.82, 2.24) is 0 Å². The van der Waals surface area contributed by atoms with Gasteiger partial charge < -0.3 is 0 Å². The van der Waals surface area contributed by atoms with Crippen LogP contribution in [0.3, 0.4) is 0 Å². The molecule has 2 rings (SSSR count). The fraction of sp³-hybridized carbons (Fsp3) is 0. The first-order valence-electron chi connectivity index (χ1n) is 3.15. The molecule has 0 N–H and O–H groups in total. The van der Waals surface area contributed by atoms with Crippen molar-refractivity contribution in [2.75, 3.05) is 0 Å². The van der Waals surface area contributed by atoms with Crippen molar-refractivity contribution in [1.29, 1.82) is 0 Å². The Balaban J connectivity index is 2.63. The van der Waals surface area contributed by atoms with Gasteiger partial charge in [0.2, 0.25) is 0 Å². The third kappa shape index (κ3) is 0.612. The molecule has 1 aliphatic rings. The third-order valence-electron chi connectivity index (χ3n) is 1.68. The molecule has 0 nitrogen and oxygen atoms in total. The third-order valence-corrected chi connectivity index (χ3v) is 1.68. The van der Waals surface area contributed by atoms with E-state index in [4.69, 9.17) is 0 Å². The lowest BCUT2D eigenvalue weighted by Gasteiger charge is -2.09. The van der Waals surface area contributed by atoms with Gasteiger partial charge in [-0.15, -0.1) is 0 Å². The molecule has 0 saturated heterocycles. The van der Waals surface area contributed by atoms with Gasteiger partial charge in [-0.1, -0.05) is 35.8 Å². The molecule has 0 atom stereocenters. The summed E-state index contributed by atoms with van der Waals surface area (Å²) in [7, 11) is 2.12. The lowest BCUT2D eigenvalue weighted by Crippen LogP contribution is -2.04. The van der Waals surface area contributed by atoms with Gasteiger partial charge in [-0.25, -0.2) is 0 Å². The van der Waals surface area contributed by atoms with E-state index in [9.17, 15) is 0 Å². The standard InChI is InChI=1S/C8H7B/c9-8-4-3-6-1-2-7(6)5-8/h1-5H,9H2. The summed E-state index contributed by atoms with van der Waals surface area (Å²) in [6, 6.07) is 6.50. The first kappa shape index (κ1) is 4.86. The van der Waals surface area contributed by atoms with Gasteiger partial charge >= 0.3 is 0 Å². The molecule has 0 amide bonds. The Bertz CT molecular complexity index is 274. The average Bonchev–Trinajstić information content (AvgIpc) is 1.78. The Morgan fingerprint density at radius 1 is 1.00 bits per heavy atom. The summed E-state index contributed by atoms with van der Waals surface area (Å²) < 4.78 is 0. The summed E-state index contributed by atoms with van der Waals surface area (Å²) in [4.78, 5) is 0. The predicted octanol–water partition coefficient (Wildman–Crippen LogP) is 0.429. The fourth-order valence-corrected chi connectivity index (χ4v) is 1.07. The molecule has 1 aromatic carbocycles. The maximum absolute atomic E-state index is 2.20. The lowest BCUT2D eigenvalue weighted by atomic mass is 9.88. The molecule has 0 heterocycles. The summed E-state index contributed by atoms with van der Waals surface area (Å²) in [5.41, 5.74) is 4.11. The maximum atomic E-state index is 2.20. The van der Waals surface area contributed by atoms with Crippen LogP contribution in [0.1, 0.15) is 11.1 Å². The zero-order chi connectivity index (χ0) is 6.27. The first-order valence-corrected chi connectivity index (χ1v) is 3.15. The number of hydrogen-bond donors (Lipinski definition) is 0. The molecule has 0 saturated carbocycles. The molecule has 0 fully saturated rings. The highest BCUT2D eigenvalue weighted by Gasteiger charge is 2.02. The Hall–Kier alpha value is -0.975. The molecule has 0 unspecified atom stereocenters. The van der Waals surface area contributed by atoms with Crippen LogP contribution in [0.15, 0.2) is 18.2 Å². The largest absolute Gasteiger partial charge is 0.139 e. The van der Waals surface area contributed by atoms with E-state index < -0.39 is 0 Å². The molecule has 0 aliphatic heterocycles. The molecule has 0 bridgehead atoms. The number of fused-ring (bicyclic) bond motifs is 1. The minimum Gasteiger partial charge on any atom is -0.0883 e. The predicted molar refractivity (Wildman–Crippen MR) is 43.5 cm³/mol. The van der Waals surface area contributed by atoms with Crippen LogP contribution < -0.4 is 5.46 Å². The van der Waals surface area contributed by atoms with Crippen LogP contribution in [0.25, 0.3) is 12.2 Å². The van der Waals surface area contributed by atoms with Crippen molar-refractivity contribution in [3.8, 4) is 0 Å². The summed E-state index contributed by atoms with van der Waals surface area (Å²) in [6.45, 7) is 0.